The largest absolute Gasteiger partial charge is 0.478 e. The molecule has 0 aliphatic carbocycles. The van der Waals surface area contributed by atoms with Crippen molar-refractivity contribution in [1.82, 2.24) is 9.88 Å². The molecule has 2 unspecified atom stereocenters. The Morgan fingerprint density at radius 2 is 1.95 bits per heavy atom. The number of pyridine rings is 1. The van der Waals surface area contributed by atoms with E-state index in [4.69, 9.17) is 5.11 Å². The van der Waals surface area contributed by atoms with E-state index in [1.807, 2.05) is 0 Å². The lowest BCUT2D eigenvalue weighted by atomic mass is 10.1. The summed E-state index contributed by atoms with van der Waals surface area (Å²) in [6, 6.07) is 3.16. The lowest BCUT2D eigenvalue weighted by Gasteiger charge is -2.15. The Labute approximate surface area is 114 Å². The maximum absolute atomic E-state index is 12.3. The highest BCUT2D eigenvalue weighted by Crippen LogP contribution is 2.16. The molecule has 0 radical (unpaired) electrons. The number of rotatable bonds is 3. The van der Waals surface area contributed by atoms with Crippen LogP contribution in [0.4, 0.5) is 0 Å². The van der Waals surface area contributed by atoms with Crippen molar-refractivity contribution in [3.05, 3.63) is 35.7 Å². The van der Waals surface area contributed by atoms with Crippen molar-refractivity contribution in [2.45, 2.75) is 12.2 Å². The Kier molecular flexibility index (Phi) is 4.11. The summed E-state index contributed by atoms with van der Waals surface area (Å²) in [5, 5.41) is 27.5. The molecule has 20 heavy (non-hydrogen) atoms. The number of β-amino-alcohol motifs (C(OH)–C–C–N with tert-alkyl or cyclic N) is 2. The number of aliphatic hydroxyl groups is 2. The number of carbonyl (C=O) groups is 2. The number of carboxylic acids is 1. The van der Waals surface area contributed by atoms with Crippen LogP contribution in [0.25, 0.3) is 6.08 Å². The van der Waals surface area contributed by atoms with E-state index >= 15 is 0 Å². The Hall–Kier alpha value is -2.25. The van der Waals surface area contributed by atoms with E-state index in [1.165, 1.54) is 17.2 Å². The first kappa shape index (κ1) is 14.2. The van der Waals surface area contributed by atoms with Crippen LogP contribution in [0.1, 0.15) is 16.1 Å². The van der Waals surface area contributed by atoms with E-state index in [-0.39, 0.29) is 18.8 Å². The Bertz CT molecular complexity index is 547. The third kappa shape index (κ3) is 3.01. The van der Waals surface area contributed by atoms with Gasteiger partial charge in [0.2, 0.25) is 0 Å². The highest BCUT2D eigenvalue weighted by molar-refractivity contribution is 5.97. The predicted molar refractivity (Wildman–Crippen MR) is 68.8 cm³/mol. The molecule has 1 fully saturated rings. The molecule has 2 heterocycles. The van der Waals surface area contributed by atoms with Crippen molar-refractivity contribution in [2.75, 3.05) is 13.1 Å². The van der Waals surface area contributed by atoms with Gasteiger partial charge in [0, 0.05) is 30.9 Å². The lowest BCUT2D eigenvalue weighted by Crippen LogP contribution is -2.31. The standard InChI is InChI=1S/C13H14N2O5/c16-9-6-15(7-10(9)17)13(20)12-8(2-1-5-14-12)3-4-11(18)19/h1-5,9-10,16-17H,6-7H2,(H,18,19)/b4-3+. The second kappa shape index (κ2) is 5.81. The molecule has 7 heteroatoms. The number of carboxylic acid groups (broad SMARTS) is 1. The van der Waals surface area contributed by atoms with E-state index in [9.17, 15) is 19.8 Å². The molecule has 1 aliphatic heterocycles. The van der Waals surface area contributed by atoms with Crippen molar-refractivity contribution in [2.24, 2.45) is 0 Å². The number of amides is 1. The summed E-state index contributed by atoms with van der Waals surface area (Å²) in [5.41, 5.74) is 0.460. The summed E-state index contributed by atoms with van der Waals surface area (Å²) in [5.74, 6) is -1.58. The Balaban J connectivity index is 2.24. The molecule has 1 saturated heterocycles. The molecule has 0 bridgehead atoms. The molecule has 7 nitrogen and oxygen atoms in total. The first-order valence-corrected chi connectivity index (χ1v) is 6.00. The van der Waals surface area contributed by atoms with Gasteiger partial charge in [0.15, 0.2) is 0 Å². The Morgan fingerprint density at radius 3 is 2.55 bits per heavy atom. The molecule has 1 aliphatic rings. The van der Waals surface area contributed by atoms with Crippen LogP contribution >= 0.6 is 0 Å². The van der Waals surface area contributed by atoms with Gasteiger partial charge in [-0.1, -0.05) is 6.07 Å². The van der Waals surface area contributed by atoms with Gasteiger partial charge < -0.3 is 20.2 Å². The van der Waals surface area contributed by atoms with Crippen LogP contribution in [0.3, 0.4) is 0 Å². The summed E-state index contributed by atoms with van der Waals surface area (Å²) in [6.07, 6.45) is 1.68. The molecule has 3 N–H and O–H groups in total. The zero-order valence-electron chi connectivity index (χ0n) is 10.5. The fourth-order valence-corrected chi connectivity index (χ4v) is 1.98. The maximum atomic E-state index is 12.3. The van der Waals surface area contributed by atoms with Gasteiger partial charge >= 0.3 is 5.97 Å². The Morgan fingerprint density at radius 1 is 1.30 bits per heavy atom. The SMILES string of the molecule is O=C(O)/C=C/c1cccnc1C(=O)N1CC(O)C(O)C1. The predicted octanol–water partition coefficient (Wildman–Crippen LogP) is -0.643. The zero-order chi connectivity index (χ0) is 14.7. The molecule has 1 aromatic heterocycles. The highest BCUT2D eigenvalue weighted by atomic mass is 16.4. The smallest absolute Gasteiger partial charge is 0.328 e. The average molecular weight is 278 g/mol. The summed E-state index contributed by atoms with van der Waals surface area (Å²) >= 11 is 0. The third-order valence-electron chi connectivity index (χ3n) is 2.99. The number of aromatic nitrogens is 1. The summed E-state index contributed by atoms with van der Waals surface area (Å²) < 4.78 is 0. The zero-order valence-corrected chi connectivity index (χ0v) is 10.5. The van der Waals surface area contributed by atoms with Crippen LogP contribution in [0.2, 0.25) is 0 Å². The van der Waals surface area contributed by atoms with Crippen LogP contribution in [0, 0.1) is 0 Å². The molecule has 0 spiro atoms. The van der Waals surface area contributed by atoms with E-state index < -0.39 is 24.1 Å². The minimum absolute atomic E-state index is 0.0264. The van der Waals surface area contributed by atoms with Gasteiger partial charge in [0.1, 0.15) is 5.69 Å². The molecule has 106 valence electrons. The monoisotopic (exact) mass is 278 g/mol. The van der Waals surface area contributed by atoms with Crippen LogP contribution in [0.5, 0.6) is 0 Å². The van der Waals surface area contributed by atoms with Gasteiger partial charge in [-0.05, 0) is 12.1 Å². The van der Waals surface area contributed by atoms with Gasteiger partial charge in [-0.2, -0.15) is 0 Å². The number of hydrogen-bond donors (Lipinski definition) is 3. The number of hydrogen-bond acceptors (Lipinski definition) is 5. The normalized spacial score (nSPS) is 22.4. The topological polar surface area (TPSA) is 111 Å². The average Bonchev–Trinajstić information content (AvgIpc) is 2.76. The van der Waals surface area contributed by atoms with Gasteiger partial charge in [-0.15, -0.1) is 0 Å². The minimum atomic E-state index is -1.13. The van der Waals surface area contributed by atoms with Crippen LogP contribution < -0.4 is 0 Å². The van der Waals surface area contributed by atoms with Crippen molar-refractivity contribution in [1.29, 1.82) is 0 Å². The fourth-order valence-electron chi connectivity index (χ4n) is 1.98. The van der Waals surface area contributed by atoms with Gasteiger partial charge in [0.05, 0.1) is 12.2 Å². The minimum Gasteiger partial charge on any atom is -0.478 e. The van der Waals surface area contributed by atoms with Crippen molar-refractivity contribution in [3.8, 4) is 0 Å². The lowest BCUT2D eigenvalue weighted by molar-refractivity contribution is -0.131. The van der Waals surface area contributed by atoms with Crippen molar-refractivity contribution >= 4 is 18.0 Å². The van der Waals surface area contributed by atoms with Gasteiger partial charge in [-0.3, -0.25) is 9.78 Å². The van der Waals surface area contributed by atoms with E-state index in [0.717, 1.165) is 6.08 Å². The van der Waals surface area contributed by atoms with Crippen LogP contribution in [-0.2, 0) is 4.79 Å². The van der Waals surface area contributed by atoms with Gasteiger partial charge in [-0.25, -0.2) is 4.79 Å². The highest BCUT2D eigenvalue weighted by Gasteiger charge is 2.33. The third-order valence-corrected chi connectivity index (χ3v) is 2.99. The van der Waals surface area contributed by atoms with E-state index in [0.29, 0.717) is 5.56 Å². The van der Waals surface area contributed by atoms with Gasteiger partial charge in [0.25, 0.3) is 5.91 Å². The summed E-state index contributed by atoms with van der Waals surface area (Å²) in [4.78, 5) is 28.0. The first-order valence-electron chi connectivity index (χ1n) is 6.00. The van der Waals surface area contributed by atoms with Crippen molar-refractivity contribution < 1.29 is 24.9 Å². The maximum Gasteiger partial charge on any atom is 0.328 e. The number of aliphatic hydroxyl groups excluding tert-OH is 2. The van der Waals surface area contributed by atoms with E-state index in [2.05, 4.69) is 4.98 Å². The van der Waals surface area contributed by atoms with E-state index in [1.54, 1.807) is 12.1 Å². The molecule has 1 amide bonds. The van der Waals surface area contributed by atoms with Crippen LogP contribution in [-0.4, -0.2) is 62.4 Å². The second-order valence-corrected chi connectivity index (χ2v) is 4.46. The number of likely N-dealkylation sites (tertiary alicyclic amines) is 1. The molecule has 0 saturated carbocycles. The number of aliphatic carboxylic acids is 1. The summed E-state index contributed by atoms with van der Waals surface area (Å²) in [6.45, 7) is 0.0529. The van der Waals surface area contributed by atoms with Crippen LogP contribution in [0.15, 0.2) is 24.4 Å². The fraction of sp³-hybridized carbons (Fsp3) is 0.308. The molecule has 0 aromatic carbocycles. The second-order valence-electron chi connectivity index (χ2n) is 4.46. The molecule has 2 atom stereocenters. The molecule has 2 rings (SSSR count). The first-order chi connectivity index (χ1) is 9.49. The molecule has 1 aromatic rings. The van der Waals surface area contributed by atoms with Crippen molar-refractivity contribution in [3.63, 3.8) is 0 Å². The summed E-state index contributed by atoms with van der Waals surface area (Å²) in [7, 11) is 0. The quantitative estimate of drug-likeness (QED) is 0.634. The number of carbonyl (C=O) groups excluding carboxylic acids is 1. The number of nitrogens with zero attached hydrogens (tertiary/aromatic N) is 2. The molecular weight excluding hydrogens is 264 g/mol. The molecular formula is C13H14N2O5.